The number of rotatable bonds is 8. The van der Waals surface area contributed by atoms with Gasteiger partial charge in [-0.15, -0.1) is 0 Å². The van der Waals surface area contributed by atoms with Gasteiger partial charge in [0.1, 0.15) is 0 Å². The maximum absolute atomic E-state index is 5.28. The van der Waals surface area contributed by atoms with E-state index in [2.05, 4.69) is 264 Å². The third-order valence-electron chi connectivity index (χ3n) is 18.2. The standard InChI is InChI=1S/C81H51N5/c1-6-22-51(23-7-1)66-47-65(74(53-24-8-2-9-25-53)78-64-38-21-36-62-59-33-17-16-32-58(59)61-35-20-37-63(77(66)78)75(61)76(62)64)52-42-40-50(41-43-52)56-44-45-71-67(46-56)69-48-68-60-34-18-19-39-70(60)86(73(68)49-72(69)85(71)57-30-14-5-15-31-57)81-83-79(54-26-10-3-11-27-54)82-80(84-81)55-28-12-4-13-29-55/h1-30,32-49,57H,31H2. The van der Waals surface area contributed by atoms with Gasteiger partial charge in [0.25, 0.3) is 0 Å². The summed E-state index contributed by atoms with van der Waals surface area (Å²) in [5.41, 5.74) is 15.9. The molecule has 0 N–H and O–H groups in total. The molecule has 400 valence electrons. The number of nitrogens with zero attached hydrogens (tertiary/aromatic N) is 5. The molecular weight excluding hydrogens is 1040 g/mol. The minimum atomic E-state index is 0.121. The van der Waals surface area contributed by atoms with Crippen LogP contribution in [0.25, 0.3) is 171 Å². The van der Waals surface area contributed by atoms with Crippen LogP contribution in [0.15, 0.2) is 291 Å². The van der Waals surface area contributed by atoms with Crippen LogP contribution in [-0.4, -0.2) is 24.1 Å². The SMILES string of the molecule is C1=CCC(n2c3ccc(-c4ccc(-c5cc(-c6ccccc6)c6c7cccc8c9ccccc9c9cccc(c6c5-c5ccccc5)c9c87)cc4)cc3c3cc4c5ccccc5n(-c5nc(-c6ccccc6)nc(-c6ccccc6)n5)c4cc32)C=C1. The summed E-state index contributed by atoms with van der Waals surface area (Å²) < 4.78 is 4.79. The molecule has 5 nitrogen and oxygen atoms in total. The van der Waals surface area contributed by atoms with Crippen LogP contribution in [0.4, 0.5) is 0 Å². The molecule has 3 aromatic heterocycles. The van der Waals surface area contributed by atoms with Crippen LogP contribution in [0.5, 0.6) is 0 Å². The third-order valence-corrected chi connectivity index (χ3v) is 18.2. The Labute approximate surface area is 495 Å². The first-order valence-corrected chi connectivity index (χ1v) is 29.7. The van der Waals surface area contributed by atoms with Crippen LogP contribution in [0, 0.1) is 0 Å². The van der Waals surface area contributed by atoms with Gasteiger partial charge < -0.3 is 4.57 Å². The van der Waals surface area contributed by atoms with Crippen LogP contribution in [0.2, 0.25) is 0 Å². The van der Waals surface area contributed by atoms with E-state index in [4.69, 9.17) is 15.0 Å². The summed E-state index contributed by atoms with van der Waals surface area (Å²) in [5.74, 6) is 1.83. The zero-order chi connectivity index (χ0) is 56.4. The lowest BCUT2D eigenvalue weighted by atomic mass is 9.79. The molecule has 14 aromatic carbocycles. The lowest BCUT2D eigenvalue weighted by molar-refractivity contribution is 0.648. The van der Waals surface area contributed by atoms with E-state index in [1.54, 1.807) is 0 Å². The Morgan fingerprint density at radius 1 is 0.291 bits per heavy atom. The Balaban J connectivity index is 0.843. The Kier molecular flexibility index (Phi) is 10.7. The van der Waals surface area contributed by atoms with Crippen LogP contribution in [-0.2, 0) is 0 Å². The number of allylic oxidation sites excluding steroid dienone is 4. The predicted octanol–water partition coefficient (Wildman–Crippen LogP) is 21.3. The van der Waals surface area contributed by atoms with Crippen molar-refractivity contribution in [2.24, 2.45) is 0 Å². The highest BCUT2D eigenvalue weighted by Crippen LogP contribution is 2.53. The van der Waals surface area contributed by atoms with Gasteiger partial charge in [-0.3, -0.25) is 4.57 Å². The zero-order valence-corrected chi connectivity index (χ0v) is 46.7. The molecule has 0 fully saturated rings. The molecule has 86 heavy (non-hydrogen) atoms. The van der Waals surface area contributed by atoms with Crippen LogP contribution in [0.1, 0.15) is 12.5 Å². The van der Waals surface area contributed by atoms with Gasteiger partial charge in [-0.2, -0.15) is 9.97 Å². The molecule has 3 heterocycles. The Hall–Kier alpha value is -11.3. The molecule has 5 heteroatoms. The van der Waals surface area contributed by atoms with Gasteiger partial charge in [-0.05, 0) is 141 Å². The molecule has 1 aliphatic rings. The molecule has 0 radical (unpaired) electrons. The van der Waals surface area contributed by atoms with Crippen molar-refractivity contribution < 1.29 is 0 Å². The van der Waals surface area contributed by atoms with Gasteiger partial charge in [0.15, 0.2) is 11.6 Å². The van der Waals surface area contributed by atoms with Gasteiger partial charge in [-0.25, -0.2) is 4.98 Å². The molecule has 1 atom stereocenters. The smallest absolute Gasteiger partial charge is 0.238 e. The van der Waals surface area contributed by atoms with E-state index in [-0.39, 0.29) is 6.04 Å². The number of para-hydroxylation sites is 1. The van der Waals surface area contributed by atoms with Crippen molar-refractivity contribution >= 4 is 97.5 Å². The van der Waals surface area contributed by atoms with E-state index >= 15 is 0 Å². The number of hydrogen-bond acceptors (Lipinski definition) is 3. The van der Waals surface area contributed by atoms with E-state index in [1.807, 2.05) is 36.4 Å². The molecule has 0 saturated heterocycles. The first-order chi connectivity index (χ1) is 42.7. The van der Waals surface area contributed by atoms with Gasteiger partial charge in [0.2, 0.25) is 5.95 Å². The van der Waals surface area contributed by atoms with E-state index in [0.29, 0.717) is 17.6 Å². The van der Waals surface area contributed by atoms with Crippen molar-refractivity contribution in [1.82, 2.24) is 24.1 Å². The van der Waals surface area contributed by atoms with Gasteiger partial charge >= 0.3 is 0 Å². The van der Waals surface area contributed by atoms with E-state index in [9.17, 15) is 0 Å². The maximum Gasteiger partial charge on any atom is 0.238 e. The van der Waals surface area contributed by atoms with Crippen molar-refractivity contribution in [3.05, 3.63) is 291 Å². The molecule has 1 unspecified atom stereocenters. The average Bonchev–Trinajstić information content (AvgIpc) is 0.795. The first kappa shape index (κ1) is 48.3. The Bertz CT molecular complexity index is 5590. The summed E-state index contributed by atoms with van der Waals surface area (Å²) in [6, 6.07) is 97.9. The van der Waals surface area contributed by atoms with Gasteiger partial charge in [-0.1, -0.05) is 255 Å². The van der Waals surface area contributed by atoms with Crippen LogP contribution < -0.4 is 0 Å². The Morgan fingerprint density at radius 3 is 1.44 bits per heavy atom. The highest BCUT2D eigenvalue weighted by molar-refractivity contribution is 6.43. The second kappa shape index (κ2) is 19.1. The lowest BCUT2D eigenvalue weighted by Gasteiger charge is -2.24. The Morgan fingerprint density at radius 2 is 0.802 bits per heavy atom. The number of benzene rings is 14. The molecule has 0 amide bonds. The minimum Gasteiger partial charge on any atom is -0.333 e. The topological polar surface area (TPSA) is 48.5 Å². The van der Waals surface area contributed by atoms with Crippen LogP contribution in [0.3, 0.4) is 0 Å². The quantitative estimate of drug-likeness (QED) is 0.113. The third kappa shape index (κ3) is 7.34. The van der Waals surface area contributed by atoms with Crippen molar-refractivity contribution in [3.8, 4) is 73.2 Å². The van der Waals surface area contributed by atoms with Crippen molar-refractivity contribution in [1.29, 1.82) is 0 Å². The molecule has 18 rings (SSSR count). The monoisotopic (exact) mass is 1090 g/mol. The lowest BCUT2D eigenvalue weighted by Crippen LogP contribution is -2.08. The fraction of sp³-hybridized carbons (Fsp3) is 0.0247. The number of aromatic nitrogens is 5. The second-order valence-electron chi connectivity index (χ2n) is 22.9. The molecule has 1 aliphatic carbocycles. The molecular formula is C81H51N5. The highest BCUT2D eigenvalue weighted by Gasteiger charge is 2.26. The zero-order valence-electron chi connectivity index (χ0n) is 46.7. The largest absolute Gasteiger partial charge is 0.333 e. The van der Waals surface area contributed by atoms with Crippen LogP contribution >= 0.6 is 0 Å². The summed E-state index contributed by atoms with van der Waals surface area (Å²) in [6.45, 7) is 0. The van der Waals surface area contributed by atoms with Crippen molar-refractivity contribution in [3.63, 3.8) is 0 Å². The summed E-state index contributed by atoms with van der Waals surface area (Å²) in [4.78, 5) is 15.6. The molecule has 0 aliphatic heterocycles. The summed E-state index contributed by atoms with van der Waals surface area (Å²) in [5, 5.41) is 17.6. The normalized spacial score (nSPS) is 13.6. The minimum absolute atomic E-state index is 0.121. The number of fused-ring (bicyclic) bond motifs is 12. The van der Waals surface area contributed by atoms with E-state index < -0.39 is 0 Å². The van der Waals surface area contributed by atoms with E-state index in [1.165, 1.54) is 109 Å². The molecule has 0 spiro atoms. The maximum atomic E-state index is 5.28. The fourth-order valence-corrected chi connectivity index (χ4v) is 14.4. The highest BCUT2D eigenvalue weighted by atomic mass is 15.2. The van der Waals surface area contributed by atoms with Gasteiger partial charge in [0, 0.05) is 38.2 Å². The summed E-state index contributed by atoms with van der Waals surface area (Å²) >= 11 is 0. The molecule has 0 saturated carbocycles. The molecule has 17 aromatic rings. The van der Waals surface area contributed by atoms with Crippen molar-refractivity contribution in [2.75, 3.05) is 0 Å². The second-order valence-corrected chi connectivity index (χ2v) is 22.9. The first-order valence-electron chi connectivity index (χ1n) is 29.7. The molecule has 0 bridgehead atoms. The summed E-state index contributed by atoms with van der Waals surface area (Å²) in [7, 11) is 0. The van der Waals surface area contributed by atoms with Gasteiger partial charge in [0.05, 0.1) is 22.6 Å². The predicted molar refractivity (Wildman–Crippen MR) is 360 cm³/mol. The van der Waals surface area contributed by atoms with Crippen molar-refractivity contribution in [2.45, 2.75) is 12.5 Å². The number of hydrogen-bond donors (Lipinski definition) is 0. The van der Waals surface area contributed by atoms with E-state index in [0.717, 1.165) is 50.4 Å². The summed E-state index contributed by atoms with van der Waals surface area (Å²) in [6.07, 6.45) is 9.86. The fourth-order valence-electron chi connectivity index (χ4n) is 14.4. The average molecular weight is 1090 g/mol.